The molecule has 0 bridgehead atoms. The Balaban J connectivity index is 0. The zero-order valence-electron chi connectivity index (χ0n) is 8.57. The second kappa shape index (κ2) is 8.34. The van der Waals surface area contributed by atoms with Crippen LogP contribution in [0.2, 0.25) is 0 Å². The van der Waals surface area contributed by atoms with Crippen LogP contribution in [0, 0.1) is 0 Å². The topological polar surface area (TPSA) is 46.5 Å². The molecule has 1 unspecified atom stereocenters. The van der Waals surface area contributed by atoms with E-state index in [-0.39, 0.29) is 64.5 Å². The van der Waals surface area contributed by atoms with Gasteiger partial charge in [-0.3, -0.25) is 0 Å². The van der Waals surface area contributed by atoms with Crippen molar-refractivity contribution in [3.05, 3.63) is 29.8 Å². The van der Waals surface area contributed by atoms with Gasteiger partial charge in [0, 0.05) is 0 Å². The Hall–Kier alpha value is 1.21. The maximum absolute atomic E-state index is 10.4. The van der Waals surface area contributed by atoms with E-state index in [1.165, 1.54) is 5.56 Å². The molecule has 0 radical (unpaired) electrons. The molecule has 0 saturated carbocycles. The third kappa shape index (κ3) is 6.83. The Morgan fingerprint density at radius 3 is 1.88 bits per heavy atom. The predicted molar refractivity (Wildman–Crippen MR) is 71.3 cm³/mol. The van der Waals surface area contributed by atoms with E-state index in [9.17, 15) is 4.57 Å². The van der Waals surface area contributed by atoms with Crippen LogP contribution >= 0.6 is 8.25 Å². The summed E-state index contributed by atoms with van der Waals surface area (Å²) in [5.74, 6) is 0.435. The average Bonchev–Trinajstić information content (AvgIpc) is 2.02. The molecule has 16 heavy (non-hydrogen) atoms. The Kier molecular flexibility index (Phi) is 10.2. The number of benzene rings is 1. The first-order valence-electron chi connectivity index (χ1n) is 4.41. The molecule has 0 spiro atoms. The molecule has 0 fully saturated rings. The van der Waals surface area contributed by atoms with Crippen LogP contribution in [-0.2, 0) is 9.98 Å². The first-order valence-corrected chi connectivity index (χ1v) is 5.67. The zero-order valence-corrected chi connectivity index (χ0v) is 9.57. The van der Waals surface area contributed by atoms with Gasteiger partial charge in [-0.05, 0) is 23.1 Å². The van der Waals surface area contributed by atoms with Crippen molar-refractivity contribution in [2.75, 3.05) is 0 Å². The van der Waals surface area contributed by atoms with E-state index in [0.717, 1.165) is 0 Å². The first-order chi connectivity index (χ1) is 6.39. The minimum absolute atomic E-state index is 0. The van der Waals surface area contributed by atoms with Gasteiger partial charge in [0.25, 0.3) is 0 Å². The summed E-state index contributed by atoms with van der Waals surface area (Å²) in [4.78, 5) is 8.56. The summed E-state index contributed by atoms with van der Waals surface area (Å²) in [6.45, 7) is 6.33. The van der Waals surface area contributed by atoms with Crippen LogP contribution in [0.5, 0.6) is 5.75 Å². The van der Waals surface area contributed by atoms with Crippen LogP contribution in [0.1, 0.15) is 26.3 Å². The molecule has 1 aromatic rings. The summed E-state index contributed by atoms with van der Waals surface area (Å²) in [5.41, 5.74) is 1.26. The molecule has 1 atom stereocenters. The van der Waals surface area contributed by atoms with Crippen LogP contribution in [0.25, 0.3) is 0 Å². The van der Waals surface area contributed by atoms with Crippen LogP contribution in [0.15, 0.2) is 24.3 Å². The third-order valence-electron chi connectivity index (χ3n) is 1.93. The minimum atomic E-state index is -2.88. The molecular weight excluding hydrogens is 245 g/mol. The molecule has 0 aliphatic heterocycles. The first kappa shape index (κ1) is 19.5. The monoisotopic (exact) mass is 262 g/mol. The van der Waals surface area contributed by atoms with Gasteiger partial charge in [-0.25, -0.2) is 4.57 Å². The average molecular weight is 262 g/mol. The van der Waals surface area contributed by atoms with Gasteiger partial charge >= 0.3 is 67.4 Å². The van der Waals surface area contributed by atoms with E-state index < -0.39 is 8.25 Å². The molecule has 1 aromatic carbocycles. The summed E-state index contributed by atoms with van der Waals surface area (Å²) < 4.78 is 15.1. The normalized spacial score (nSPS) is 12.0. The number of hydrogen-bond acceptors (Lipinski definition) is 2. The van der Waals surface area contributed by atoms with Crippen molar-refractivity contribution in [2.24, 2.45) is 0 Å². The van der Waals surface area contributed by atoms with Gasteiger partial charge in [-0.1, -0.05) is 32.9 Å². The van der Waals surface area contributed by atoms with Gasteiger partial charge in [0.05, 0.1) is 0 Å². The molecule has 0 aromatic heterocycles. The van der Waals surface area contributed by atoms with Gasteiger partial charge in [0.15, 0.2) is 0 Å². The SMILES string of the molecule is CC(C)(C)c1ccc(O[PH](=O)O)cc1.[NaH].[NaH]. The van der Waals surface area contributed by atoms with Crippen LogP contribution in [0.4, 0.5) is 0 Å². The van der Waals surface area contributed by atoms with Crippen molar-refractivity contribution < 1.29 is 14.0 Å². The number of hydrogen-bond donors (Lipinski definition) is 1. The summed E-state index contributed by atoms with van der Waals surface area (Å²) in [5, 5.41) is 0. The Bertz CT molecular complexity index is 333. The van der Waals surface area contributed by atoms with E-state index in [1.807, 2.05) is 12.1 Å². The maximum atomic E-state index is 10.4. The predicted octanol–water partition coefficient (Wildman–Crippen LogP) is 1.45. The molecule has 0 amide bonds. The van der Waals surface area contributed by atoms with Crippen molar-refractivity contribution in [3.8, 4) is 5.75 Å². The fourth-order valence-electron chi connectivity index (χ4n) is 1.12. The summed E-state index contributed by atoms with van der Waals surface area (Å²) in [6.07, 6.45) is 0. The quantitative estimate of drug-likeness (QED) is 0.648. The van der Waals surface area contributed by atoms with Crippen molar-refractivity contribution in [2.45, 2.75) is 26.2 Å². The van der Waals surface area contributed by atoms with Gasteiger partial charge in [0.1, 0.15) is 5.75 Å². The van der Waals surface area contributed by atoms with Gasteiger partial charge in [-0.15, -0.1) is 0 Å². The van der Waals surface area contributed by atoms with Gasteiger partial charge in [-0.2, -0.15) is 0 Å². The molecule has 82 valence electrons. The standard InChI is InChI=1S/C10H15O3P.2Na.2H/c1-10(2,3)8-4-6-9(7-5-8)13-14(11)12;;;;/h4-7,14H,1-3H3,(H,11,12);;;;. The van der Waals surface area contributed by atoms with Crippen molar-refractivity contribution in [1.29, 1.82) is 0 Å². The van der Waals surface area contributed by atoms with Crippen molar-refractivity contribution in [3.63, 3.8) is 0 Å². The Labute approximate surface area is 142 Å². The van der Waals surface area contributed by atoms with E-state index in [1.54, 1.807) is 12.1 Å². The van der Waals surface area contributed by atoms with E-state index in [4.69, 9.17) is 4.89 Å². The fourth-order valence-corrected chi connectivity index (χ4v) is 1.46. The second-order valence-corrected chi connectivity index (χ2v) is 4.88. The molecule has 0 heterocycles. The van der Waals surface area contributed by atoms with Crippen molar-refractivity contribution >= 4 is 67.4 Å². The third-order valence-corrected chi connectivity index (χ3v) is 2.34. The van der Waals surface area contributed by atoms with Crippen LogP contribution in [-0.4, -0.2) is 64.0 Å². The number of rotatable bonds is 2. The van der Waals surface area contributed by atoms with Crippen molar-refractivity contribution in [1.82, 2.24) is 0 Å². The molecule has 1 N–H and O–H groups in total. The molecule has 0 aliphatic rings. The van der Waals surface area contributed by atoms with E-state index >= 15 is 0 Å². The Morgan fingerprint density at radius 2 is 1.56 bits per heavy atom. The van der Waals surface area contributed by atoms with Gasteiger partial charge in [0.2, 0.25) is 0 Å². The van der Waals surface area contributed by atoms with E-state index in [2.05, 4.69) is 25.3 Å². The molecule has 6 heteroatoms. The fraction of sp³-hybridized carbons (Fsp3) is 0.400. The summed E-state index contributed by atoms with van der Waals surface area (Å²) in [7, 11) is -2.88. The van der Waals surface area contributed by atoms with Crippen LogP contribution < -0.4 is 4.52 Å². The van der Waals surface area contributed by atoms with Crippen LogP contribution in [0.3, 0.4) is 0 Å². The van der Waals surface area contributed by atoms with E-state index in [0.29, 0.717) is 5.75 Å². The van der Waals surface area contributed by atoms with Gasteiger partial charge < -0.3 is 9.42 Å². The summed E-state index contributed by atoms with van der Waals surface area (Å²) in [6, 6.07) is 7.22. The Morgan fingerprint density at radius 1 is 1.12 bits per heavy atom. The molecule has 1 rings (SSSR count). The zero-order chi connectivity index (χ0) is 10.8. The molecular formula is C10H17Na2O3P. The second-order valence-electron chi connectivity index (χ2n) is 4.14. The molecule has 3 nitrogen and oxygen atoms in total. The molecule has 0 aliphatic carbocycles. The molecule has 0 saturated heterocycles. The summed E-state index contributed by atoms with van der Waals surface area (Å²) >= 11 is 0.